The molecule has 3 heterocycles. The number of imidazole rings is 1. The molecule has 0 unspecified atom stereocenters. The standard InChI is InChI=1S/C17H18N4O2/c1-11-5-4-8-15-19-12(10-21(11)15)9-18-17(22)16-13-6-2-3-7-14(13)23-20-16/h4-5,8,10H,2-3,6-7,9H2,1H3,(H,18,22). The van der Waals surface area contributed by atoms with Crippen LogP contribution in [0.1, 0.15) is 46.0 Å². The second kappa shape index (κ2) is 5.53. The third-order valence-corrected chi connectivity index (χ3v) is 4.34. The SMILES string of the molecule is Cc1cccc2nc(CNC(=O)c3noc4c3CCCC4)cn12. The Kier molecular flexibility index (Phi) is 3.37. The molecule has 6 heteroatoms. The summed E-state index contributed by atoms with van der Waals surface area (Å²) < 4.78 is 7.31. The number of aromatic nitrogens is 3. The van der Waals surface area contributed by atoms with Crippen molar-refractivity contribution in [3.63, 3.8) is 0 Å². The van der Waals surface area contributed by atoms with Crippen LogP contribution in [0.4, 0.5) is 0 Å². The Morgan fingerprint density at radius 2 is 2.22 bits per heavy atom. The molecule has 3 aromatic rings. The molecular weight excluding hydrogens is 292 g/mol. The lowest BCUT2D eigenvalue weighted by Gasteiger charge is -2.08. The molecule has 0 saturated carbocycles. The summed E-state index contributed by atoms with van der Waals surface area (Å²) in [6, 6.07) is 5.95. The number of hydrogen-bond acceptors (Lipinski definition) is 4. The van der Waals surface area contributed by atoms with Crippen molar-refractivity contribution in [2.24, 2.45) is 0 Å². The van der Waals surface area contributed by atoms with Crippen LogP contribution >= 0.6 is 0 Å². The number of amides is 1. The normalized spacial score (nSPS) is 14.0. The lowest BCUT2D eigenvalue weighted by atomic mass is 9.96. The maximum Gasteiger partial charge on any atom is 0.274 e. The zero-order valence-corrected chi connectivity index (χ0v) is 13.0. The predicted octanol–water partition coefficient (Wildman–Crippen LogP) is 2.44. The van der Waals surface area contributed by atoms with Crippen LogP contribution in [0, 0.1) is 6.92 Å². The summed E-state index contributed by atoms with van der Waals surface area (Å²) in [4.78, 5) is 16.9. The van der Waals surface area contributed by atoms with Gasteiger partial charge in [0.15, 0.2) is 5.69 Å². The van der Waals surface area contributed by atoms with E-state index in [0.717, 1.165) is 54.0 Å². The number of nitrogens with one attached hydrogen (secondary N) is 1. The highest BCUT2D eigenvalue weighted by atomic mass is 16.5. The van der Waals surface area contributed by atoms with E-state index < -0.39 is 0 Å². The minimum atomic E-state index is -0.189. The van der Waals surface area contributed by atoms with Crippen LogP contribution in [0.3, 0.4) is 0 Å². The molecule has 1 aliphatic rings. The Balaban J connectivity index is 1.50. The lowest BCUT2D eigenvalue weighted by Crippen LogP contribution is -2.24. The van der Waals surface area contributed by atoms with Gasteiger partial charge in [0.1, 0.15) is 11.4 Å². The van der Waals surface area contributed by atoms with Crippen molar-refractivity contribution < 1.29 is 9.32 Å². The fourth-order valence-corrected chi connectivity index (χ4v) is 3.10. The first kappa shape index (κ1) is 14.0. The fourth-order valence-electron chi connectivity index (χ4n) is 3.10. The van der Waals surface area contributed by atoms with Gasteiger partial charge in [-0.1, -0.05) is 11.2 Å². The van der Waals surface area contributed by atoms with Crippen molar-refractivity contribution >= 4 is 11.6 Å². The zero-order valence-electron chi connectivity index (χ0n) is 13.0. The molecular formula is C17H18N4O2. The molecule has 6 nitrogen and oxygen atoms in total. The topological polar surface area (TPSA) is 72.4 Å². The third kappa shape index (κ3) is 2.50. The summed E-state index contributed by atoms with van der Waals surface area (Å²) in [6.45, 7) is 2.40. The zero-order chi connectivity index (χ0) is 15.8. The molecule has 0 aliphatic heterocycles. The largest absolute Gasteiger partial charge is 0.360 e. The molecule has 4 rings (SSSR count). The van der Waals surface area contributed by atoms with Gasteiger partial charge >= 0.3 is 0 Å². The van der Waals surface area contributed by atoms with Crippen LogP contribution in [0.5, 0.6) is 0 Å². The van der Waals surface area contributed by atoms with Gasteiger partial charge in [-0.15, -0.1) is 0 Å². The number of aryl methyl sites for hydroxylation is 2. The number of hydrogen-bond donors (Lipinski definition) is 1. The molecule has 3 aromatic heterocycles. The van der Waals surface area contributed by atoms with Gasteiger partial charge in [0, 0.05) is 23.9 Å². The first-order chi connectivity index (χ1) is 11.2. The monoisotopic (exact) mass is 310 g/mol. The molecule has 0 fully saturated rings. The van der Waals surface area contributed by atoms with Gasteiger partial charge in [-0.25, -0.2) is 4.98 Å². The first-order valence-electron chi connectivity index (χ1n) is 7.91. The average Bonchev–Trinajstić information content (AvgIpc) is 3.17. The van der Waals surface area contributed by atoms with Gasteiger partial charge in [0.05, 0.1) is 12.2 Å². The molecule has 0 saturated heterocycles. The van der Waals surface area contributed by atoms with Gasteiger partial charge < -0.3 is 14.2 Å². The molecule has 23 heavy (non-hydrogen) atoms. The average molecular weight is 310 g/mol. The summed E-state index contributed by atoms with van der Waals surface area (Å²) in [7, 11) is 0. The predicted molar refractivity (Wildman–Crippen MR) is 84.2 cm³/mol. The van der Waals surface area contributed by atoms with Crippen LogP contribution < -0.4 is 5.32 Å². The molecule has 118 valence electrons. The minimum Gasteiger partial charge on any atom is -0.360 e. The molecule has 1 aliphatic carbocycles. The number of carbonyl (C=O) groups excluding carboxylic acids is 1. The van der Waals surface area contributed by atoms with Crippen molar-refractivity contribution in [1.82, 2.24) is 19.9 Å². The summed E-state index contributed by atoms with van der Waals surface area (Å²) in [5.41, 5.74) is 4.22. The Morgan fingerprint density at radius 3 is 3.09 bits per heavy atom. The van der Waals surface area contributed by atoms with Crippen LogP contribution in [-0.4, -0.2) is 20.4 Å². The maximum absolute atomic E-state index is 12.4. The van der Waals surface area contributed by atoms with Gasteiger partial charge in [0.2, 0.25) is 0 Å². The Hall–Kier alpha value is -2.63. The second-order valence-corrected chi connectivity index (χ2v) is 5.95. The summed E-state index contributed by atoms with van der Waals surface area (Å²) in [6.07, 6.45) is 5.88. The van der Waals surface area contributed by atoms with Gasteiger partial charge in [-0.3, -0.25) is 4.79 Å². The van der Waals surface area contributed by atoms with Gasteiger partial charge in [0.25, 0.3) is 5.91 Å². The van der Waals surface area contributed by atoms with Crippen molar-refractivity contribution in [3.8, 4) is 0 Å². The molecule has 0 radical (unpaired) electrons. The van der Waals surface area contributed by atoms with E-state index in [1.54, 1.807) is 0 Å². The lowest BCUT2D eigenvalue weighted by molar-refractivity contribution is 0.0940. The Labute approximate surface area is 133 Å². The van der Waals surface area contributed by atoms with E-state index in [2.05, 4.69) is 15.5 Å². The quantitative estimate of drug-likeness (QED) is 0.806. The number of pyridine rings is 1. The minimum absolute atomic E-state index is 0.189. The van der Waals surface area contributed by atoms with E-state index in [0.29, 0.717) is 12.2 Å². The van der Waals surface area contributed by atoms with Crippen molar-refractivity contribution in [1.29, 1.82) is 0 Å². The van der Waals surface area contributed by atoms with E-state index in [4.69, 9.17) is 4.52 Å². The number of nitrogens with zero attached hydrogens (tertiary/aromatic N) is 3. The smallest absolute Gasteiger partial charge is 0.274 e. The Morgan fingerprint density at radius 1 is 1.35 bits per heavy atom. The number of rotatable bonds is 3. The molecule has 1 N–H and O–H groups in total. The Bertz CT molecular complexity index is 878. The van der Waals surface area contributed by atoms with Crippen LogP contribution in [-0.2, 0) is 19.4 Å². The molecule has 0 atom stereocenters. The fraction of sp³-hybridized carbons (Fsp3) is 0.353. The van der Waals surface area contributed by atoms with Crippen LogP contribution in [0.15, 0.2) is 28.9 Å². The van der Waals surface area contributed by atoms with Crippen molar-refractivity contribution in [3.05, 3.63) is 52.8 Å². The van der Waals surface area contributed by atoms with E-state index in [1.807, 2.05) is 35.7 Å². The highest BCUT2D eigenvalue weighted by Gasteiger charge is 2.23. The maximum atomic E-state index is 12.4. The summed E-state index contributed by atoms with van der Waals surface area (Å²) in [5, 5.41) is 6.85. The van der Waals surface area contributed by atoms with E-state index in [1.165, 1.54) is 0 Å². The summed E-state index contributed by atoms with van der Waals surface area (Å²) in [5.74, 6) is 0.676. The molecule has 0 spiro atoms. The molecule has 0 aromatic carbocycles. The van der Waals surface area contributed by atoms with Crippen molar-refractivity contribution in [2.75, 3.05) is 0 Å². The third-order valence-electron chi connectivity index (χ3n) is 4.34. The van der Waals surface area contributed by atoms with Gasteiger partial charge in [-0.05, 0) is 38.3 Å². The number of fused-ring (bicyclic) bond motifs is 2. The molecule has 0 bridgehead atoms. The van der Waals surface area contributed by atoms with Crippen molar-refractivity contribution in [2.45, 2.75) is 39.2 Å². The number of carbonyl (C=O) groups is 1. The summed E-state index contributed by atoms with van der Waals surface area (Å²) >= 11 is 0. The van der Waals surface area contributed by atoms with E-state index >= 15 is 0 Å². The van der Waals surface area contributed by atoms with E-state index in [9.17, 15) is 4.79 Å². The van der Waals surface area contributed by atoms with Gasteiger partial charge in [-0.2, -0.15) is 0 Å². The highest BCUT2D eigenvalue weighted by molar-refractivity contribution is 5.93. The second-order valence-electron chi connectivity index (χ2n) is 5.95. The first-order valence-corrected chi connectivity index (χ1v) is 7.91. The van der Waals surface area contributed by atoms with E-state index in [-0.39, 0.29) is 5.91 Å². The van der Waals surface area contributed by atoms with Crippen LogP contribution in [0.25, 0.3) is 5.65 Å². The molecule has 1 amide bonds. The van der Waals surface area contributed by atoms with Crippen LogP contribution in [0.2, 0.25) is 0 Å². The highest BCUT2D eigenvalue weighted by Crippen LogP contribution is 2.24.